The van der Waals surface area contributed by atoms with Crippen molar-refractivity contribution in [2.75, 3.05) is 5.32 Å². The Labute approximate surface area is 105 Å². The van der Waals surface area contributed by atoms with Gasteiger partial charge in [-0.05, 0) is 22.6 Å². The average Bonchev–Trinajstić information content (AvgIpc) is 2.70. The number of rotatable bonds is 3. The van der Waals surface area contributed by atoms with Crippen molar-refractivity contribution in [3.8, 4) is 6.07 Å². The minimum Gasteiger partial charge on any atom is -0.321 e. The molecule has 2 aromatic heterocycles. The number of nitrogens with one attached hydrogen (secondary N) is 1. The molecule has 2 heterocycles. The van der Waals surface area contributed by atoms with Crippen molar-refractivity contribution in [3.63, 3.8) is 0 Å². The van der Waals surface area contributed by atoms with E-state index in [-0.39, 0.29) is 6.54 Å². The number of aromatic nitrogens is 4. The topological polar surface area (TPSA) is 79.4 Å². The standard InChI is InChI=1S/C9H7IN6/c10-7-3-12-9(13-4-7)15-8-5-14-16(6-8)2-1-11/h3-6H,2H2,(H,12,13,15). The second-order valence-electron chi connectivity index (χ2n) is 2.93. The zero-order chi connectivity index (χ0) is 11.4. The molecule has 0 atom stereocenters. The molecule has 0 saturated heterocycles. The van der Waals surface area contributed by atoms with Crippen LogP contribution >= 0.6 is 22.6 Å². The number of nitriles is 1. The quantitative estimate of drug-likeness (QED) is 0.866. The summed E-state index contributed by atoms with van der Waals surface area (Å²) in [5, 5.41) is 15.5. The van der Waals surface area contributed by atoms with Crippen LogP contribution in [-0.2, 0) is 6.54 Å². The lowest BCUT2D eigenvalue weighted by Crippen LogP contribution is -1.96. The Morgan fingerprint density at radius 2 is 2.12 bits per heavy atom. The van der Waals surface area contributed by atoms with Crippen molar-refractivity contribution in [1.29, 1.82) is 5.26 Å². The summed E-state index contributed by atoms with van der Waals surface area (Å²) >= 11 is 2.14. The van der Waals surface area contributed by atoms with Gasteiger partial charge in [-0.2, -0.15) is 10.4 Å². The third kappa shape index (κ3) is 2.66. The Morgan fingerprint density at radius 3 is 2.81 bits per heavy atom. The Morgan fingerprint density at radius 1 is 1.38 bits per heavy atom. The SMILES string of the molecule is N#CCn1cc(Nc2ncc(I)cn2)cn1. The fourth-order valence-corrected chi connectivity index (χ4v) is 1.37. The summed E-state index contributed by atoms with van der Waals surface area (Å²) in [6.07, 6.45) is 6.79. The van der Waals surface area contributed by atoms with E-state index < -0.39 is 0 Å². The third-order valence-corrected chi connectivity index (χ3v) is 2.30. The molecule has 1 N–H and O–H groups in total. The molecule has 0 spiro atoms. The summed E-state index contributed by atoms with van der Waals surface area (Å²) in [4.78, 5) is 8.19. The highest BCUT2D eigenvalue weighted by Gasteiger charge is 2.00. The number of halogens is 1. The Balaban J connectivity index is 2.09. The van der Waals surface area contributed by atoms with Gasteiger partial charge in [-0.25, -0.2) is 9.97 Å². The largest absolute Gasteiger partial charge is 0.321 e. The minimum atomic E-state index is 0.231. The molecule has 0 bridgehead atoms. The van der Waals surface area contributed by atoms with Crippen LogP contribution in [0.25, 0.3) is 0 Å². The molecule has 0 aliphatic carbocycles. The van der Waals surface area contributed by atoms with E-state index in [2.05, 4.69) is 43.0 Å². The molecule has 0 fully saturated rings. The van der Waals surface area contributed by atoms with E-state index in [0.717, 1.165) is 9.26 Å². The van der Waals surface area contributed by atoms with Gasteiger partial charge in [0.05, 0.1) is 18.0 Å². The third-order valence-electron chi connectivity index (χ3n) is 1.74. The van der Waals surface area contributed by atoms with Gasteiger partial charge in [0.25, 0.3) is 0 Å². The summed E-state index contributed by atoms with van der Waals surface area (Å²) in [7, 11) is 0. The maximum atomic E-state index is 8.49. The molecule has 2 rings (SSSR count). The van der Waals surface area contributed by atoms with E-state index in [1.807, 2.05) is 6.07 Å². The second kappa shape index (κ2) is 4.89. The summed E-state index contributed by atoms with van der Waals surface area (Å²) in [5.41, 5.74) is 0.761. The van der Waals surface area contributed by atoms with E-state index in [1.165, 1.54) is 4.68 Å². The van der Waals surface area contributed by atoms with Crippen LogP contribution in [0.4, 0.5) is 11.6 Å². The predicted octanol–water partition coefficient (Wildman–Crippen LogP) is 1.54. The Bertz CT molecular complexity index is 512. The van der Waals surface area contributed by atoms with Crippen molar-refractivity contribution < 1.29 is 0 Å². The summed E-state index contributed by atoms with van der Waals surface area (Å²) in [6, 6.07) is 2.01. The highest BCUT2D eigenvalue weighted by atomic mass is 127. The van der Waals surface area contributed by atoms with Gasteiger partial charge in [0, 0.05) is 22.2 Å². The van der Waals surface area contributed by atoms with E-state index in [1.54, 1.807) is 24.8 Å². The zero-order valence-electron chi connectivity index (χ0n) is 8.13. The first-order chi connectivity index (χ1) is 7.78. The van der Waals surface area contributed by atoms with Crippen LogP contribution in [0.2, 0.25) is 0 Å². The normalized spacial score (nSPS) is 9.75. The highest BCUT2D eigenvalue weighted by Crippen LogP contribution is 2.11. The van der Waals surface area contributed by atoms with Crippen LogP contribution < -0.4 is 5.32 Å². The van der Waals surface area contributed by atoms with Gasteiger partial charge in [0.1, 0.15) is 6.54 Å². The lowest BCUT2D eigenvalue weighted by Gasteiger charge is -1.99. The van der Waals surface area contributed by atoms with Gasteiger partial charge in [0.15, 0.2) is 0 Å². The van der Waals surface area contributed by atoms with Crippen molar-refractivity contribution >= 4 is 34.2 Å². The molecule has 0 saturated carbocycles. The Hall–Kier alpha value is -1.69. The van der Waals surface area contributed by atoms with Crippen molar-refractivity contribution in [2.45, 2.75) is 6.54 Å². The summed E-state index contributed by atoms with van der Waals surface area (Å²) < 4.78 is 2.51. The van der Waals surface area contributed by atoms with Gasteiger partial charge < -0.3 is 5.32 Å². The molecular formula is C9H7IN6. The van der Waals surface area contributed by atoms with Gasteiger partial charge in [-0.1, -0.05) is 0 Å². The first-order valence-corrected chi connectivity index (χ1v) is 5.50. The molecule has 0 aliphatic rings. The first-order valence-electron chi connectivity index (χ1n) is 4.42. The minimum absolute atomic E-state index is 0.231. The number of hydrogen-bond donors (Lipinski definition) is 1. The predicted molar refractivity (Wildman–Crippen MR) is 65.9 cm³/mol. The number of nitrogens with zero attached hydrogens (tertiary/aromatic N) is 5. The zero-order valence-corrected chi connectivity index (χ0v) is 10.3. The van der Waals surface area contributed by atoms with Gasteiger partial charge in [-0.3, -0.25) is 4.68 Å². The fraction of sp³-hybridized carbons (Fsp3) is 0.111. The molecule has 0 aliphatic heterocycles. The van der Waals surface area contributed by atoms with Crippen LogP contribution in [0.1, 0.15) is 0 Å². The highest BCUT2D eigenvalue weighted by molar-refractivity contribution is 14.1. The van der Waals surface area contributed by atoms with Crippen LogP contribution in [0.5, 0.6) is 0 Å². The van der Waals surface area contributed by atoms with E-state index in [0.29, 0.717) is 5.95 Å². The average molecular weight is 326 g/mol. The lowest BCUT2D eigenvalue weighted by atomic mass is 10.5. The van der Waals surface area contributed by atoms with Crippen molar-refractivity contribution in [2.24, 2.45) is 0 Å². The van der Waals surface area contributed by atoms with Gasteiger partial charge in [0.2, 0.25) is 5.95 Å². The molecule has 0 aromatic carbocycles. The van der Waals surface area contributed by atoms with Crippen LogP contribution in [0.3, 0.4) is 0 Å². The van der Waals surface area contributed by atoms with E-state index in [4.69, 9.17) is 5.26 Å². The Kier molecular flexibility index (Phi) is 3.31. The van der Waals surface area contributed by atoms with Crippen LogP contribution in [-0.4, -0.2) is 19.7 Å². The number of anilines is 2. The monoisotopic (exact) mass is 326 g/mol. The van der Waals surface area contributed by atoms with Gasteiger partial charge in [-0.15, -0.1) is 0 Å². The molecule has 16 heavy (non-hydrogen) atoms. The van der Waals surface area contributed by atoms with Crippen molar-refractivity contribution in [3.05, 3.63) is 28.4 Å². The molecule has 80 valence electrons. The van der Waals surface area contributed by atoms with Crippen LogP contribution in [0, 0.1) is 14.9 Å². The second-order valence-corrected chi connectivity index (χ2v) is 4.18. The molecule has 0 unspecified atom stereocenters. The molecular weight excluding hydrogens is 319 g/mol. The smallest absolute Gasteiger partial charge is 0.227 e. The maximum absolute atomic E-state index is 8.49. The van der Waals surface area contributed by atoms with Crippen molar-refractivity contribution in [1.82, 2.24) is 19.7 Å². The maximum Gasteiger partial charge on any atom is 0.227 e. The van der Waals surface area contributed by atoms with E-state index >= 15 is 0 Å². The van der Waals surface area contributed by atoms with Gasteiger partial charge >= 0.3 is 0 Å². The molecule has 6 nitrogen and oxygen atoms in total. The van der Waals surface area contributed by atoms with Crippen LogP contribution in [0.15, 0.2) is 24.8 Å². The molecule has 0 amide bonds. The molecule has 7 heteroatoms. The molecule has 0 radical (unpaired) electrons. The summed E-state index contributed by atoms with van der Waals surface area (Å²) in [5.74, 6) is 0.511. The lowest BCUT2D eigenvalue weighted by molar-refractivity contribution is 0.710. The summed E-state index contributed by atoms with van der Waals surface area (Å²) in [6.45, 7) is 0.231. The molecule has 2 aromatic rings. The number of hydrogen-bond acceptors (Lipinski definition) is 5. The fourth-order valence-electron chi connectivity index (χ4n) is 1.09. The van der Waals surface area contributed by atoms with E-state index in [9.17, 15) is 0 Å². The first kappa shape index (κ1) is 10.8.